The van der Waals surface area contributed by atoms with E-state index in [1.54, 1.807) is 12.1 Å². The van der Waals surface area contributed by atoms with Gasteiger partial charge in [-0.2, -0.15) is 0 Å². The molecule has 0 aliphatic rings. The highest BCUT2D eigenvalue weighted by atomic mass is 35.5. The number of para-hydroxylation sites is 2. The van der Waals surface area contributed by atoms with Gasteiger partial charge in [0.25, 0.3) is 0 Å². The molecule has 132 valence electrons. The Morgan fingerprint density at radius 3 is 2.00 bits per heavy atom. The molecule has 0 bridgehead atoms. The number of benzene rings is 3. The van der Waals surface area contributed by atoms with Crippen LogP contribution in [0.25, 0.3) is 0 Å². The van der Waals surface area contributed by atoms with Gasteiger partial charge >= 0.3 is 0 Å². The number of rotatable bonds is 6. The molecule has 3 nitrogen and oxygen atoms in total. The molecule has 3 aromatic rings. The minimum absolute atomic E-state index is 0.725. The highest BCUT2D eigenvalue weighted by molar-refractivity contribution is 7.99. The maximum atomic E-state index is 6.01. The van der Waals surface area contributed by atoms with E-state index in [9.17, 15) is 0 Å². The monoisotopic (exact) mass is 381 g/mol. The lowest BCUT2D eigenvalue weighted by Crippen LogP contribution is -2.17. The molecular formula is C21H20ClN3S. The van der Waals surface area contributed by atoms with Crippen LogP contribution in [-0.4, -0.2) is 17.7 Å². The summed E-state index contributed by atoms with van der Waals surface area (Å²) in [6.07, 6.45) is 1.82. The van der Waals surface area contributed by atoms with E-state index in [1.165, 1.54) is 0 Å². The third-order valence-electron chi connectivity index (χ3n) is 3.71. The summed E-state index contributed by atoms with van der Waals surface area (Å²) < 4.78 is 4.15. The molecule has 26 heavy (non-hydrogen) atoms. The summed E-state index contributed by atoms with van der Waals surface area (Å²) in [6.45, 7) is 2.01. The summed E-state index contributed by atoms with van der Waals surface area (Å²) in [5.41, 5.74) is 4.17. The SMILES string of the molecule is Cc1cc(Cl)ccc1N=CN(C)SN(c1ccccc1)c1ccccc1. The average Bonchev–Trinajstić information content (AvgIpc) is 2.67. The first-order valence-corrected chi connectivity index (χ1v) is 9.36. The molecule has 0 saturated heterocycles. The molecule has 0 spiro atoms. The van der Waals surface area contributed by atoms with Crippen molar-refractivity contribution in [3.8, 4) is 0 Å². The number of hydrogen-bond donors (Lipinski definition) is 0. The molecule has 0 radical (unpaired) electrons. The van der Waals surface area contributed by atoms with Gasteiger partial charge in [-0.25, -0.2) is 4.99 Å². The molecule has 0 aromatic heterocycles. The molecule has 0 aliphatic heterocycles. The van der Waals surface area contributed by atoms with E-state index in [4.69, 9.17) is 11.6 Å². The zero-order chi connectivity index (χ0) is 18.4. The van der Waals surface area contributed by atoms with Crippen LogP contribution in [0.15, 0.2) is 83.9 Å². The fourth-order valence-corrected chi connectivity index (χ4v) is 3.43. The number of aliphatic imine (C=N–C) groups is 1. The van der Waals surface area contributed by atoms with Crippen molar-refractivity contribution in [2.24, 2.45) is 4.99 Å². The second kappa shape index (κ2) is 8.79. The van der Waals surface area contributed by atoms with Gasteiger partial charge in [0.2, 0.25) is 0 Å². The van der Waals surface area contributed by atoms with E-state index in [0.29, 0.717) is 0 Å². The van der Waals surface area contributed by atoms with Crippen LogP contribution >= 0.6 is 23.7 Å². The molecular weight excluding hydrogens is 362 g/mol. The van der Waals surface area contributed by atoms with Gasteiger partial charge in [0.05, 0.1) is 29.2 Å². The predicted octanol–water partition coefficient (Wildman–Crippen LogP) is 6.64. The highest BCUT2D eigenvalue weighted by Crippen LogP contribution is 2.33. The second-order valence-corrected chi connectivity index (χ2v) is 7.31. The van der Waals surface area contributed by atoms with Crippen LogP contribution in [0.3, 0.4) is 0 Å². The fourth-order valence-electron chi connectivity index (χ4n) is 2.43. The van der Waals surface area contributed by atoms with E-state index in [2.05, 4.69) is 33.6 Å². The van der Waals surface area contributed by atoms with E-state index < -0.39 is 0 Å². The van der Waals surface area contributed by atoms with Crippen molar-refractivity contribution in [2.75, 3.05) is 11.4 Å². The third kappa shape index (κ3) is 4.81. The molecule has 3 aromatic carbocycles. The lowest BCUT2D eigenvalue weighted by Gasteiger charge is -2.26. The summed E-state index contributed by atoms with van der Waals surface area (Å²) in [7, 11) is 1.98. The van der Waals surface area contributed by atoms with Crippen molar-refractivity contribution in [3.05, 3.63) is 89.4 Å². The van der Waals surface area contributed by atoms with Gasteiger partial charge in [-0.1, -0.05) is 48.0 Å². The molecule has 0 heterocycles. The second-order valence-electron chi connectivity index (χ2n) is 5.77. The topological polar surface area (TPSA) is 18.8 Å². The van der Waals surface area contributed by atoms with Crippen LogP contribution in [0.2, 0.25) is 5.02 Å². The Kier molecular flexibility index (Phi) is 6.21. The van der Waals surface area contributed by atoms with Crippen molar-refractivity contribution in [3.63, 3.8) is 0 Å². The first kappa shape index (κ1) is 18.4. The molecule has 0 saturated carbocycles. The molecule has 0 unspecified atom stereocenters. The first-order valence-electron chi connectivity index (χ1n) is 8.25. The Morgan fingerprint density at radius 1 is 0.885 bits per heavy atom. The maximum absolute atomic E-state index is 6.01. The van der Waals surface area contributed by atoms with Crippen molar-refractivity contribution < 1.29 is 0 Å². The van der Waals surface area contributed by atoms with Crippen molar-refractivity contribution in [1.29, 1.82) is 0 Å². The van der Waals surface area contributed by atoms with Crippen LogP contribution in [-0.2, 0) is 0 Å². The highest BCUT2D eigenvalue weighted by Gasteiger charge is 2.12. The maximum Gasteiger partial charge on any atom is 0.102 e. The van der Waals surface area contributed by atoms with Crippen molar-refractivity contribution >= 4 is 47.1 Å². The van der Waals surface area contributed by atoms with Crippen LogP contribution in [0.1, 0.15) is 5.56 Å². The largest absolute Gasteiger partial charge is 0.292 e. The number of halogens is 1. The van der Waals surface area contributed by atoms with Crippen molar-refractivity contribution in [1.82, 2.24) is 4.31 Å². The van der Waals surface area contributed by atoms with Crippen LogP contribution < -0.4 is 4.31 Å². The van der Waals surface area contributed by atoms with Gasteiger partial charge < -0.3 is 0 Å². The van der Waals surface area contributed by atoms with Gasteiger partial charge in [-0.3, -0.25) is 8.61 Å². The van der Waals surface area contributed by atoms with Gasteiger partial charge in [0, 0.05) is 12.1 Å². The summed E-state index contributed by atoms with van der Waals surface area (Å²) >= 11 is 7.58. The fraction of sp³-hybridized carbons (Fsp3) is 0.0952. The zero-order valence-corrected chi connectivity index (χ0v) is 16.3. The molecule has 5 heteroatoms. The van der Waals surface area contributed by atoms with Crippen LogP contribution in [0.5, 0.6) is 0 Å². The average molecular weight is 382 g/mol. The van der Waals surface area contributed by atoms with E-state index in [1.807, 2.05) is 79.2 Å². The molecule has 3 rings (SSSR count). The molecule has 0 atom stereocenters. The molecule has 0 N–H and O–H groups in total. The number of aryl methyl sites for hydroxylation is 1. The van der Waals surface area contributed by atoms with E-state index >= 15 is 0 Å². The Balaban J connectivity index is 1.79. The first-order chi connectivity index (χ1) is 12.6. The summed E-state index contributed by atoms with van der Waals surface area (Å²) in [4.78, 5) is 4.58. The summed E-state index contributed by atoms with van der Waals surface area (Å²) in [5, 5.41) is 0.725. The summed E-state index contributed by atoms with van der Waals surface area (Å²) in [5.74, 6) is 0. The Labute approximate surface area is 164 Å². The Morgan fingerprint density at radius 2 is 1.46 bits per heavy atom. The third-order valence-corrected chi connectivity index (χ3v) is 4.88. The standard InChI is InChI=1S/C21H20ClN3S/c1-17-15-18(22)13-14-21(17)23-16-24(2)26-25(19-9-5-3-6-10-19)20-11-7-4-8-12-20/h3-16H,1-2H3. The lowest BCUT2D eigenvalue weighted by atomic mass is 10.2. The summed E-state index contributed by atoms with van der Waals surface area (Å²) in [6, 6.07) is 26.3. The Hall–Kier alpha value is -2.43. The molecule has 0 amide bonds. The zero-order valence-electron chi connectivity index (χ0n) is 14.7. The Bertz CT molecular complexity index is 829. The predicted molar refractivity (Wildman–Crippen MR) is 115 cm³/mol. The van der Waals surface area contributed by atoms with Crippen LogP contribution in [0, 0.1) is 6.92 Å². The van der Waals surface area contributed by atoms with E-state index in [-0.39, 0.29) is 0 Å². The van der Waals surface area contributed by atoms with Gasteiger partial charge in [-0.05, 0) is 55.0 Å². The normalized spacial score (nSPS) is 10.9. The lowest BCUT2D eigenvalue weighted by molar-refractivity contribution is 0.869. The molecule has 0 aliphatic carbocycles. The van der Waals surface area contributed by atoms with Crippen molar-refractivity contribution in [2.45, 2.75) is 6.92 Å². The smallest absolute Gasteiger partial charge is 0.102 e. The quantitative estimate of drug-likeness (QED) is 0.271. The number of anilines is 2. The number of hydrogen-bond acceptors (Lipinski definition) is 3. The van der Waals surface area contributed by atoms with Gasteiger partial charge in [0.15, 0.2) is 0 Å². The van der Waals surface area contributed by atoms with E-state index in [0.717, 1.165) is 27.6 Å². The number of nitrogens with zero attached hydrogens (tertiary/aromatic N) is 3. The minimum Gasteiger partial charge on any atom is -0.292 e. The molecule has 0 fully saturated rings. The van der Waals surface area contributed by atoms with Crippen LogP contribution in [0.4, 0.5) is 17.1 Å². The minimum atomic E-state index is 0.725. The van der Waals surface area contributed by atoms with Gasteiger partial charge in [0.1, 0.15) is 6.34 Å². The van der Waals surface area contributed by atoms with Gasteiger partial charge in [-0.15, -0.1) is 0 Å².